The Morgan fingerprint density at radius 1 is 0.452 bits per heavy atom. The smallest absolute Gasteiger partial charge is 0.418 e. The van der Waals surface area contributed by atoms with Gasteiger partial charge in [-0.1, -0.05) is 121 Å². The number of carbonyl (C=O) groups excluding carboxylic acids is 2. The largest absolute Gasteiger partial charge is 0.451 e. The van der Waals surface area contributed by atoms with E-state index in [-0.39, 0.29) is 11.8 Å². The summed E-state index contributed by atoms with van der Waals surface area (Å²) in [5.74, 6) is -2.04. The van der Waals surface area contributed by atoms with Crippen LogP contribution in [0.3, 0.4) is 0 Å². The summed E-state index contributed by atoms with van der Waals surface area (Å²) in [6, 6.07) is 40.6. The molecule has 218 valence electrons. The molecule has 0 N–H and O–H groups in total. The van der Waals surface area contributed by atoms with E-state index in [9.17, 15) is 9.59 Å². The maximum atomic E-state index is 13.3. The van der Waals surface area contributed by atoms with E-state index in [1.807, 2.05) is 100 Å². The highest BCUT2D eigenvalue weighted by Crippen LogP contribution is 2.32. The average molecular weight is 563 g/mol. The van der Waals surface area contributed by atoms with Gasteiger partial charge in [0.15, 0.2) is 0 Å². The van der Waals surface area contributed by atoms with Crippen molar-refractivity contribution < 1.29 is 19.1 Å². The van der Waals surface area contributed by atoms with Crippen LogP contribution in [0.15, 0.2) is 121 Å². The summed E-state index contributed by atoms with van der Waals surface area (Å²) < 4.78 is 11.9. The standard InChI is InChI=1S/C38H42O4/c1-37(2,33(25-29-17-9-5-10-18-29)26-30-19-11-6-12-20-30)41-35(39)36(40)42-38(3,4)34(27-31-21-13-7-14-22-31)28-32-23-15-8-16-24-32/h5-24,33-34H,25-28H2,1-4H3. The van der Waals surface area contributed by atoms with Crippen molar-refractivity contribution in [2.75, 3.05) is 0 Å². The molecule has 4 rings (SSSR count). The van der Waals surface area contributed by atoms with Gasteiger partial charge in [0.2, 0.25) is 0 Å². The molecule has 0 aliphatic carbocycles. The van der Waals surface area contributed by atoms with Gasteiger partial charge in [-0.05, 0) is 75.6 Å². The van der Waals surface area contributed by atoms with Crippen LogP contribution in [-0.2, 0) is 44.7 Å². The van der Waals surface area contributed by atoms with Crippen LogP contribution in [0.1, 0.15) is 49.9 Å². The van der Waals surface area contributed by atoms with Gasteiger partial charge in [-0.3, -0.25) is 0 Å². The third-order valence-electron chi connectivity index (χ3n) is 8.14. The lowest BCUT2D eigenvalue weighted by atomic mass is 9.80. The van der Waals surface area contributed by atoms with Crippen molar-refractivity contribution in [1.29, 1.82) is 0 Å². The number of esters is 2. The minimum Gasteiger partial charge on any atom is -0.451 e. The van der Waals surface area contributed by atoms with Crippen molar-refractivity contribution in [2.24, 2.45) is 11.8 Å². The van der Waals surface area contributed by atoms with E-state index in [1.54, 1.807) is 0 Å². The zero-order chi connectivity index (χ0) is 30.0. The SMILES string of the molecule is CC(C)(OC(=O)C(=O)OC(C)(C)C(Cc1ccccc1)Cc1ccccc1)C(Cc1ccccc1)Cc1ccccc1. The van der Waals surface area contributed by atoms with E-state index in [1.165, 1.54) is 0 Å². The van der Waals surface area contributed by atoms with Gasteiger partial charge in [0.25, 0.3) is 0 Å². The van der Waals surface area contributed by atoms with Crippen LogP contribution in [0.25, 0.3) is 0 Å². The molecule has 0 atom stereocenters. The van der Waals surface area contributed by atoms with E-state index in [0.717, 1.165) is 22.3 Å². The van der Waals surface area contributed by atoms with Crippen LogP contribution in [0.2, 0.25) is 0 Å². The molecule has 0 bridgehead atoms. The van der Waals surface area contributed by atoms with Crippen LogP contribution < -0.4 is 0 Å². The number of hydrogen-bond donors (Lipinski definition) is 0. The second kappa shape index (κ2) is 14.1. The maximum Gasteiger partial charge on any atom is 0.418 e. The van der Waals surface area contributed by atoms with E-state index in [0.29, 0.717) is 25.7 Å². The Labute approximate surface area is 250 Å². The highest BCUT2D eigenvalue weighted by Gasteiger charge is 2.40. The first kappa shape index (κ1) is 30.8. The molecular weight excluding hydrogens is 520 g/mol. The molecule has 4 nitrogen and oxygen atoms in total. The summed E-state index contributed by atoms with van der Waals surface area (Å²) >= 11 is 0. The summed E-state index contributed by atoms with van der Waals surface area (Å²) in [5.41, 5.74) is 2.76. The summed E-state index contributed by atoms with van der Waals surface area (Å²) in [4.78, 5) is 26.6. The first-order valence-electron chi connectivity index (χ1n) is 14.7. The van der Waals surface area contributed by atoms with Crippen molar-refractivity contribution in [3.05, 3.63) is 144 Å². The fourth-order valence-electron chi connectivity index (χ4n) is 5.45. The fourth-order valence-corrected chi connectivity index (χ4v) is 5.45. The van der Waals surface area contributed by atoms with Gasteiger partial charge < -0.3 is 9.47 Å². The second-order valence-electron chi connectivity index (χ2n) is 12.1. The van der Waals surface area contributed by atoms with E-state index in [4.69, 9.17) is 9.47 Å². The second-order valence-corrected chi connectivity index (χ2v) is 12.1. The third-order valence-corrected chi connectivity index (χ3v) is 8.14. The predicted octanol–water partition coefficient (Wildman–Crippen LogP) is 7.83. The van der Waals surface area contributed by atoms with Crippen molar-refractivity contribution in [3.8, 4) is 0 Å². The average Bonchev–Trinajstić information content (AvgIpc) is 2.98. The number of rotatable bonds is 12. The zero-order valence-corrected chi connectivity index (χ0v) is 25.2. The first-order chi connectivity index (χ1) is 20.1. The highest BCUT2D eigenvalue weighted by atomic mass is 16.6. The van der Waals surface area contributed by atoms with Gasteiger partial charge in [0.05, 0.1) is 0 Å². The van der Waals surface area contributed by atoms with Crippen LogP contribution in [0, 0.1) is 11.8 Å². The van der Waals surface area contributed by atoms with E-state index in [2.05, 4.69) is 48.5 Å². The normalized spacial score (nSPS) is 11.9. The van der Waals surface area contributed by atoms with Gasteiger partial charge >= 0.3 is 11.9 Å². The van der Waals surface area contributed by atoms with Crippen molar-refractivity contribution in [1.82, 2.24) is 0 Å². The van der Waals surface area contributed by atoms with E-state index < -0.39 is 23.1 Å². The molecule has 42 heavy (non-hydrogen) atoms. The fraction of sp³-hybridized carbons (Fsp3) is 0.316. The van der Waals surface area contributed by atoms with Gasteiger partial charge in [0.1, 0.15) is 11.2 Å². The maximum absolute atomic E-state index is 13.3. The molecule has 4 heteroatoms. The molecule has 0 spiro atoms. The first-order valence-corrected chi connectivity index (χ1v) is 14.7. The molecule has 0 heterocycles. The van der Waals surface area contributed by atoms with Crippen LogP contribution in [-0.4, -0.2) is 23.1 Å². The topological polar surface area (TPSA) is 52.6 Å². The molecule has 0 saturated carbocycles. The number of carbonyl (C=O) groups is 2. The molecule has 4 aromatic rings. The molecule has 0 saturated heterocycles. The lowest BCUT2D eigenvalue weighted by Gasteiger charge is -2.36. The lowest BCUT2D eigenvalue weighted by molar-refractivity contribution is -0.188. The van der Waals surface area contributed by atoms with Crippen LogP contribution in [0.4, 0.5) is 0 Å². The Bertz CT molecular complexity index is 1200. The minimum absolute atomic E-state index is 0.0593. The zero-order valence-electron chi connectivity index (χ0n) is 25.2. The molecule has 0 fully saturated rings. The molecule has 0 aliphatic heterocycles. The summed E-state index contributed by atoms with van der Waals surface area (Å²) in [6.07, 6.45) is 2.80. The minimum atomic E-state index is -0.961. The Balaban J connectivity index is 1.49. The quantitative estimate of drug-likeness (QED) is 0.130. The predicted molar refractivity (Wildman–Crippen MR) is 168 cm³/mol. The number of benzene rings is 4. The number of ether oxygens (including phenoxy) is 2. The molecule has 0 radical (unpaired) electrons. The van der Waals surface area contributed by atoms with Crippen molar-refractivity contribution >= 4 is 11.9 Å². The summed E-state index contributed by atoms with van der Waals surface area (Å²) in [7, 11) is 0. The van der Waals surface area contributed by atoms with Crippen LogP contribution >= 0.6 is 0 Å². The van der Waals surface area contributed by atoms with Crippen molar-refractivity contribution in [2.45, 2.75) is 64.6 Å². The van der Waals surface area contributed by atoms with Crippen LogP contribution in [0.5, 0.6) is 0 Å². The Morgan fingerprint density at radius 2 is 0.667 bits per heavy atom. The Kier molecular flexibility index (Phi) is 10.4. The molecule has 4 aromatic carbocycles. The van der Waals surface area contributed by atoms with Gasteiger partial charge in [-0.2, -0.15) is 0 Å². The van der Waals surface area contributed by atoms with E-state index >= 15 is 0 Å². The molecular formula is C38H42O4. The summed E-state index contributed by atoms with van der Waals surface area (Å²) in [5, 5.41) is 0. The van der Waals surface area contributed by atoms with Gasteiger partial charge in [0, 0.05) is 11.8 Å². The highest BCUT2D eigenvalue weighted by molar-refractivity contribution is 6.29. The molecule has 0 unspecified atom stereocenters. The Morgan fingerprint density at radius 3 is 0.881 bits per heavy atom. The number of hydrogen-bond acceptors (Lipinski definition) is 4. The lowest BCUT2D eigenvalue weighted by Crippen LogP contribution is -2.45. The Hall–Kier alpha value is -4.18. The van der Waals surface area contributed by atoms with Gasteiger partial charge in [-0.25, -0.2) is 9.59 Å². The van der Waals surface area contributed by atoms with Crippen molar-refractivity contribution in [3.63, 3.8) is 0 Å². The molecule has 0 amide bonds. The molecule has 0 aromatic heterocycles. The third kappa shape index (κ3) is 8.91. The molecule has 0 aliphatic rings. The monoisotopic (exact) mass is 562 g/mol. The van der Waals surface area contributed by atoms with Gasteiger partial charge in [-0.15, -0.1) is 0 Å². The summed E-state index contributed by atoms with van der Waals surface area (Å²) in [6.45, 7) is 7.53.